The number of nitrogens with zero attached hydrogens (tertiary/aromatic N) is 1. The molecule has 1 amide bonds. The Morgan fingerprint density at radius 2 is 2.05 bits per heavy atom. The highest BCUT2D eigenvalue weighted by atomic mass is 19.4. The summed E-state index contributed by atoms with van der Waals surface area (Å²) >= 11 is 0. The minimum Gasteiger partial charge on any atom is -0.315 e. The summed E-state index contributed by atoms with van der Waals surface area (Å²) in [5.41, 5.74) is 1.68. The Morgan fingerprint density at radius 3 is 2.65 bits per heavy atom. The highest BCUT2D eigenvalue weighted by molar-refractivity contribution is 5.95. The SMILES string of the molecule is CCNC(c1ccc2c(c1)CCC(=O)N2C)C(F)(F)F. The molecule has 1 unspecified atom stereocenters. The molecule has 0 fully saturated rings. The zero-order chi connectivity index (χ0) is 14.9. The van der Waals surface area contributed by atoms with Crippen molar-refractivity contribution in [1.82, 2.24) is 5.32 Å². The summed E-state index contributed by atoms with van der Waals surface area (Å²) in [4.78, 5) is 13.1. The molecular formula is C14H17F3N2O. The van der Waals surface area contributed by atoms with E-state index in [4.69, 9.17) is 0 Å². The topological polar surface area (TPSA) is 32.3 Å². The number of halogens is 3. The van der Waals surface area contributed by atoms with Crippen molar-refractivity contribution in [3.63, 3.8) is 0 Å². The van der Waals surface area contributed by atoms with Gasteiger partial charge in [0.25, 0.3) is 0 Å². The summed E-state index contributed by atoms with van der Waals surface area (Å²) in [6.45, 7) is 1.88. The third-order valence-corrected chi connectivity index (χ3v) is 3.52. The maximum absolute atomic E-state index is 13.0. The Bertz CT molecular complexity index is 514. The number of carbonyl (C=O) groups excluding carboxylic acids is 1. The first-order chi connectivity index (χ1) is 9.34. The number of aryl methyl sites for hydroxylation is 1. The molecule has 0 saturated carbocycles. The van der Waals surface area contributed by atoms with Crippen molar-refractivity contribution < 1.29 is 18.0 Å². The predicted octanol–water partition coefficient (Wildman–Crippen LogP) is 2.81. The molecule has 0 aromatic heterocycles. The van der Waals surface area contributed by atoms with E-state index in [1.807, 2.05) is 0 Å². The van der Waals surface area contributed by atoms with Crippen LogP contribution >= 0.6 is 0 Å². The zero-order valence-corrected chi connectivity index (χ0v) is 11.4. The fourth-order valence-electron chi connectivity index (χ4n) is 2.48. The molecule has 6 heteroatoms. The molecule has 0 spiro atoms. The van der Waals surface area contributed by atoms with Gasteiger partial charge in [0, 0.05) is 19.2 Å². The Balaban J connectivity index is 2.37. The van der Waals surface area contributed by atoms with Gasteiger partial charge in [-0.15, -0.1) is 0 Å². The van der Waals surface area contributed by atoms with Crippen LogP contribution in [-0.2, 0) is 11.2 Å². The quantitative estimate of drug-likeness (QED) is 0.926. The van der Waals surface area contributed by atoms with Crippen molar-refractivity contribution in [2.75, 3.05) is 18.5 Å². The molecule has 1 aliphatic heterocycles. The molecule has 0 saturated heterocycles. The number of hydrogen-bond donors (Lipinski definition) is 1. The smallest absolute Gasteiger partial charge is 0.315 e. The van der Waals surface area contributed by atoms with Crippen molar-refractivity contribution in [2.24, 2.45) is 0 Å². The van der Waals surface area contributed by atoms with Crippen LogP contribution in [-0.4, -0.2) is 25.7 Å². The Morgan fingerprint density at radius 1 is 1.35 bits per heavy atom. The van der Waals surface area contributed by atoms with Gasteiger partial charge in [-0.25, -0.2) is 0 Å². The number of anilines is 1. The number of hydrogen-bond acceptors (Lipinski definition) is 2. The molecule has 20 heavy (non-hydrogen) atoms. The minimum atomic E-state index is -4.33. The molecule has 1 heterocycles. The first-order valence-electron chi connectivity index (χ1n) is 6.54. The molecule has 110 valence electrons. The third kappa shape index (κ3) is 2.80. The fourth-order valence-corrected chi connectivity index (χ4v) is 2.48. The van der Waals surface area contributed by atoms with Crippen LogP contribution in [0.15, 0.2) is 18.2 Å². The highest BCUT2D eigenvalue weighted by Gasteiger charge is 2.40. The van der Waals surface area contributed by atoms with Crippen molar-refractivity contribution >= 4 is 11.6 Å². The summed E-state index contributed by atoms with van der Waals surface area (Å²) in [6, 6.07) is 2.92. The first kappa shape index (κ1) is 14.8. The number of rotatable bonds is 3. The van der Waals surface area contributed by atoms with E-state index >= 15 is 0 Å². The van der Waals surface area contributed by atoms with E-state index in [2.05, 4.69) is 5.32 Å². The van der Waals surface area contributed by atoms with Gasteiger partial charge in [-0.2, -0.15) is 13.2 Å². The number of fused-ring (bicyclic) bond motifs is 1. The maximum atomic E-state index is 13.0. The van der Waals surface area contributed by atoms with Crippen LogP contribution < -0.4 is 10.2 Å². The third-order valence-electron chi connectivity index (χ3n) is 3.52. The highest BCUT2D eigenvalue weighted by Crippen LogP contribution is 2.36. The van der Waals surface area contributed by atoms with Crippen LogP contribution in [0.3, 0.4) is 0 Å². The van der Waals surface area contributed by atoms with E-state index in [1.165, 1.54) is 11.0 Å². The lowest BCUT2D eigenvalue weighted by Crippen LogP contribution is -2.35. The number of amides is 1. The van der Waals surface area contributed by atoms with Crippen molar-refractivity contribution in [3.8, 4) is 0 Å². The van der Waals surface area contributed by atoms with Crippen LogP contribution in [0.1, 0.15) is 30.5 Å². The maximum Gasteiger partial charge on any atom is 0.407 e. The van der Waals surface area contributed by atoms with Crippen molar-refractivity contribution in [2.45, 2.75) is 32.0 Å². The molecular weight excluding hydrogens is 269 g/mol. The molecule has 1 aliphatic rings. The Labute approximate surface area is 115 Å². The molecule has 2 rings (SSSR count). The summed E-state index contributed by atoms with van der Waals surface area (Å²) in [5.74, 6) is -0.00990. The first-order valence-corrected chi connectivity index (χ1v) is 6.54. The van der Waals surface area contributed by atoms with Gasteiger partial charge in [0.15, 0.2) is 0 Å². The molecule has 1 aromatic carbocycles. The summed E-state index contributed by atoms with van der Waals surface area (Å²) in [5, 5.41) is 2.46. The van der Waals surface area contributed by atoms with Gasteiger partial charge in [0.05, 0.1) is 0 Å². The average molecular weight is 286 g/mol. The lowest BCUT2D eigenvalue weighted by molar-refractivity contribution is -0.157. The van der Waals surface area contributed by atoms with Gasteiger partial charge in [0.2, 0.25) is 5.91 Å². The van der Waals surface area contributed by atoms with Crippen LogP contribution in [0.2, 0.25) is 0 Å². The molecule has 0 radical (unpaired) electrons. The van der Waals surface area contributed by atoms with Gasteiger partial charge in [-0.3, -0.25) is 4.79 Å². The van der Waals surface area contributed by atoms with E-state index in [-0.39, 0.29) is 18.0 Å². The van der Waals surface area contributed by atoms with Crippen LogP contribution in [0.5, 0.6) is 0 Å². The number of nitrogens with one attached hydrogen (secondary N) is 1. The second kappa shape index (κ2) is 5.44. The number of alkyl halides is 3. The Kier molecular flexibility index (Phi) is 4.04. The standard InChI is InChI=1S/C14H17F3N2O/c1-3-18-13(14(15,16)17)10-4-6-11-9(8-10)5-7-12(20)19(11)2/h4,6,8,13,18H,3,5,7H2,1-2H3. The van der Waals surface area contributed by atoms with E-state index < -0.39 is 12.2 Å². The van der Waals surface area contributed by atoms with Crippen LogP contribution in [0, 0.1) is 0 Å². The number of benzene rings is 1. The molecule has 1 aromatic rings. The van der Waals surface area contributed by atoms with E-state index in [0.29, 0.717) is 18.5 Å². The molecule has 1 N–H and O–H groups in total. The lowest BCUT2D eigenvalue weighted by atomic mass is 9.96. The van der Waals surface area contributed by atoms with E-state index in [0.717, 1.165) is 5.56 Å². The monoisotopic (exact) mass is 286 g/mol. The minimum absolute atomic E-state index is 0.00990. The van der Waals surface area contributed by atoms with Gasteiger partial charge < -0.3 is 10.2 Å². The van der Waals surface area contributed by atoms with Crippen LogP contribution in [0.25, 0.3) is 0 Å². The molecule has 1 atom stereocenters. The molecule has 0 bridgehead atoms. The molecule has 3 nitrogen and oxygen atoms in total. The second-order valence-corrected chi connectivity index (χ2v) is 4.87. The van der Waals surface area contributed by atoms with Gasteiger partial charge in [-0.1, -0.05) is 19.1 Å². The van der Waals surface area contributed by atoms with Gasteiger partial charge in [-0.05, 0) is 30.2 Å². The normalized spacial score (nSPS) is 17.1. The van der Waals surface area contributed by atoms with Crippen molar-refractivity contribution in [3.05, 3.63) is 29.3 Å². The van der Waals surface area contributed by atoms with Crippen LogP contribution in [0.4, 0.5) is 18.9 Å². The summed E-state index contributed by atoms with van der Waals surface area (Å²) < 4.78 is 39.1. The average Bonchev–Trinajstić information content (AvgIpc) is 2.39. The largest absolute Gasteiger partial charge is 0.407 e. The van der Waals surface area contributed by atoms with Gasteiger partial charge >= 0.3 is 6.18 Å². The second-order valence-electron chi connectivity index (χ2n) is 4.87. The fraction of sp³-hybridized carbons (Fsp3) is 0.500. The van der Waals surface area contributed by atoms with Crippen molar-refractivity contribution in [1.29, 1.82) is 0 Å². The Hall–Kier alpha value is -1.56. The van der Waals surface area contributed by atoms with E-state index in [1.54, 1.807) is 26.1 Å². The summed E-state index contributed by atoms with van der Waals surface area (Å²) in [6.07, 6.45) is -3.51. The van der Waals surface area contributed by atoms with E-state index in [9.17, 15) is 18.0 Å². The predicted molar refractivity (Wildman–Crippen MR) is 70.6 cm³/mol. The molecule has 0 aliphatic carbocycles. The zero-order valence-electron chi connectivity index (χ0n) is 11.4. The van der Waals surface area contributed by atoms with Gasteiger partial charge in [0.1, 0.15) is 6.04 Å². The number of carbonyl (C=O) groups is 1. The summed E-state index contributed by atoms with van der Waals surface area (Å²) in [7, 11) is 1.64. The lowest BCUT2D eigenvalue weighted by Gasteiger charge is -2.28.